The number of imidazole rings is 1. The highest BCUT2D eigenvalue weighted by atomic mass is 16.6. The smallest absolute Gasteiger partial charge is 0.359 e. The molecular formula is C27H36N4O4. The van der Waals surface area contributed by atoms with Crippen LogP contribution in [0.1, 0.15) is 57.1 Å². The quantitative estimate of drug-likeness (QED) is 0.560. The molecule has 3 rings (SSSR count). The normalized spacial score (nSPS) is 15.7. The van der Waals surface area contributed by atoms with Crippen LogP contribution in [0.4, 0.5) is 11.8 Å². The maximum absolute atomic E-state index is 13.4. The van der Waals surface area contributed by atoms with Crippen LogP contribution in [-0.4, -0.2) is 47.7 Å². The van der Waals surface area contributed by atoms with Crippen molar-refractivity contribution in [2.24, 2.45) is 5.92 Å². The van der Waals surface area contributed by atoms with Gasteiger partial charge in [-0.3, -0.25) is 9.36 Å². The second-order valence-electron chi connectivity index (χ2n) is 9.93. The molecule has 0 fully saturated rings. The van der Waals surface area contributed by atoms with E-state index in [1.807, 2.05) is 65.2 Å². The summed E-state index contributed by atoms with van der Waals surface area (Å²) in [6, 6.07) is 7.75. The molecule has 1 atom stereocenters. The SMILES string of the molecule is CCOC1=CC=C(C(=O)Nc2nc(N(C)C)n(-c3cccc(C)c3)c2C(=O)OC(C)(C)C)C(C)C1. The molecule has 0 radical (unpaired) electrons. The van der Waals surface area contributed by atoms with E-state index in [1.54, 1.807) is 36.3 Å². The number of nitrogens with one attached hydrogen (secondary N) is 1. The number of esters is 1. The molecule has 188 valence electrons. The lowest BCUT2D eigenvalue weighted by atomic mass is 9.91. The molecule has 0 aliphatic heterocycles. The highest BCUT2D eigenvalue weighted by Gasteiger charge is 2.31. The fourth-order valence-electron chi connectivity index (χ4n) is 3.92. The van der Waals surface area contributed by atoms with Crippen LogP contribution < -0.4 is 10.2 Å². The molecule has 8 heteroatoms. The van der Waals surface area contributed by atoms with Crippen LogP contribution in [0.5, 0.6) is 0 Å². The number of hydrogen-bond acceptors (Lipinski definition) is 6. The number of carbonyl (C=O) groups excluding carboxylic acids is 2. The van der Waals surface area contributed by atoms with Crippen LogP contribution in [0.15, 0.2) is 47.7 Å². The van der Waals surface area contributed by atoms with E-state index in [4.69, 9.17) is 9.47 Å². The number of nitrogens with zero attached hydrogens (tertiary/aromatic N) is 3. The third-order valence-corrected chi connectivity index (χ3v) is 5.42. The Morgan fingerprint density at radius 1 is 1.23 bits per heavy atom. The van der Waals surface area contributed by atoms with Crippen LogP contribution >= 0.6 is 0 Å². The number of ether oxygens (including phenoxy) is 2. The van der Waals surface area contributed by atoms with Crippen molar-refractivity contribution in [2.45, 2.75) is 53.6 Å². The Kier molecular flexibility index (Phi) is 7.73. The summed E-state index contributed by atoms with van der Waals surface area (Å²) in [5.41, 5.74) is 1.81. The summed E-state index contributed by atoms with van der Waals surface area (Å²) in [6.45, 7) is 11.9. The van der Waals surface area contributed by atoms with Gasteiger partial charge >= 0.3 is 5.97 Å². The molecule has 0 spiro atoms. The van der Waals surface area contributed by atoms with Gasteiger partial charge in [0.2, 0.25) is 5.95 Å². The van der Waals surface area contributed by atoms with Crippen molar-refractivity contribution in [3.05, 3.63) is 59.0 Å². The Bertz CT molecular complexity index is 1170. The summed E-state index contributed by atoms with van der Waals surface area (Å²) in [4.78, 5) is 33.2. The molecule has 1 N–H and O–H groups in total. The molecular weight excluding hydrogens is 444 g/mol. The Morgan fingerprint density at radius 3 is 2.51 bits per heavy atom. The van der Waals surface area contributed by atoms with Gasteiger partial charge in [-0.15, -0.1) is 0 Å². The van der Waals surface area contributed by atoms with E-state index in [9.17, 15) is 9.59 Å². The van der Waals surface area contributed by atoms with E-state index in [1.165, 1.54) is 0 Å². The standard InChI is InChI=1S/C27H36N4O4/c1-9-34-20-13-14-21(18(3)16-20)24(32)28-23-22(25(33)35-27(4,5)6)31(26(29-23)30(7)8)19-12-10-11-17(2)15-19/h10-15,18H,9,16H2,1-8H3,(H,28,32). The monoisotopic (exact) mass is 480 g/mol. The zero-order valence-corrected chi connectivity index (χ0v) is 21.9. The molecule has 35 heavy (non-hydrogen) atoms. The minimum absolute atomic E-state index is 0.0429. The van der Waals surface area contributed by atoms with Gasteiger partial charge in [0.25, 0.3) is 5.91 Å². The summed E-state index contributed by atoms with van der Waals surface area (Å²) in [5, 5.41) is 2.89. The Hall–Kier alpha value is -3.55. The fourth-order valence-corrected chi connectivity index (χ4v) is 3.92. The average Bonchev–Trinajstić information content (AvgIpc) is 3.12. The second kappa shape index (κ2) is 10.4. The minimum Gasteiger partial charge on any atom is -0.498 e. The van der Waals surface area contributed by atoms with Crippen LogP contribution in [0.2, 0.25) is 0 Å². The van der Waals surface area contributed by atoms with Gasteiger partial charge in [-0.05, 0) is 70.4 Å². The van der Waals surface area contributed by atoms with Crippen molar-refractivity contribution in [2.75, 3.05) is 30.9 Å². The van der Waals surface area contributed by atoms with E-state index < -0.39 is 11.6 Å². The molecule has 1 amide bonds. The summed E-state index contributed by atoms with van der Waals surface area (Å²) in [5.74, 6) is 0.578. The molecule has 0 bridgehead atoms. The van der Waals surface area contributed by atoms with Gasteiger partial charge in [-0.2, -0.15) is 4.98 Å². The average molecular weight is 481 g/mol. The molecule has 1 aromatic heterocycles. The number of aryl methyl sites for hydroxylation is 1. The number of carbonyl (C=O) groups is 2. The number of allylic oxidation sites excluding steroid dienone is 3. The molecule has 0 saturated carbocycles. The summed E-state index contributed by atoms with van der Waals surface area (Å²) in [6.07, 6.45) is 4.22. The topological polar surface area (TPSA) is 85.7 Å². The van der Waals surface area contributed by atoms with Gasteiger partial charge < -0.3 is 19.7 Å². The third kappa shape index (κ3) is 6.12. The summed E-state index contributed by atoms with van der Waals surface area (Å²) >= 11 is 0. The second-order valence-corrected chi connectivity index (χ2v) is 9.93. The first-order chi connectivity index (χ1) is 16.4. The van der Waals surface area contributed by atoms with E-state index >= 15 is 0 Å². The summed E-state index contributed by atoms with van der Waals surface area (Å²) in [7, 11) is 3.68. The Morgan fingerprint density at radius 2 is 1.94 bits per heavy atom. The Balaban J connectivity index is 2.11. The van der Waals surface area contributed by atoms with Crippen molar-refractivity contribution in [3.63, 3.8) is 0 Å². The predicted octanol–water partition coefficient (Wildman–Crippen LogP) is 5.03. The van der Waals surface area contributed by atoms with Gasteiger partial charge in [0.1, 0.15) is 5.60 Å². The fraction of sp³-hybridized carbons (Fsp3) is 0.444. The molecule has 0 saturated heterocycles. The molecule has 8 nitrogen and oxygen atoms in total. The lowest BCUT2D eigenvalue weighted by molar-refractivity contribution is -0.113. The van der Waals surface area contributed by atoms with Gasteiger partial charge in [0.05, 0.1) is 12.4 Å². The van der Waals surface area contributed by atoms with Gasteiger partial charge in [0.15, 0.2) is 11.5 Å². The van der Waals surface area contributed by atoms with Crippen molar-refractivity contribution >= 4 is 23.6 Å². The molecule has 1 heterocycles. The van der Waals surface area contributed by atoms with E-state index in [0.29, 0.717) is 24.5 Å². The number of hydrogen-bond donors (Lipinski definition) is 1. The van der Waals surface area contributed by atoms with E-state index in [0.717, 1.165) is 17.0 Å². The lowest BCUT2D eigenvalue weighted by Gasteiger charge is -2.22. The van der Waals surface area contributed by atoms with E-state index in [2.05, 4.69) is 10.3 Å². The zero-order valence-electron chi connectivity index (χ0n) is 21.9. The third-order valence-electron chi connectivity index (χ3n) is 5.42. The van der Waals surface area contributed by atoms with Gasteiger partial charge in [-0.1, -0.05) is 19.1 Å². The molecule has 1 unspecified atom stereocenters. The minimum atomic E-state index is -0.723. The van der Waals surface area contributed by atoms with Crippen LogP contribution in [0.3, 0.4) is 0 Å². The number of anilines is 2. The first kappa shape index (κ1) is 26.1. The maximum atomic E-state index is 13.4. The molecule has 1 aliphatic rings. The first-order valence-corrected chi connectivity index (χ1v) is 11.9. The molecule has 1 aromatic carbocycles. The number of aromatic nitrogens is 2. The number of rotatable bonds is 7. The van der Waals surface area contributed by atoms with Crippen molar-refractivity contribution in [3.8, 4) is 5.69 Å². The van der Waals surface area contributed by atoms with Gasteiger partial charge in [0, 0.05) is 31.8 Å². The number of benzene rings is 1. The highest BCUT2D eigenvalue weighted by molar-refractivity contribution is 6.07. The maximum Gasteiger partial charge on any atom is 0.359 e. The van der Waals surface area contributed by atoms with Crippen molar-refractivity contribution in [1.29, 1.82) is 0 Å². The number of amides is 1. The highest BCUT2D eigenvalue weighted by Crippen LogP contribution is 2.31. The largest absolute Gasteiger partial charge is 0.498 e. The molecule has 2 aromatic rings. The Labute approximate surface area is 207 Å². The molecule has 1 aliphatic carbocycles. The lowest BCUT2D eigenvalue weighted by Crippen LogP contribution is -2.27. The predicted molar refractivity (Wildman–Crippen MR) is 138 cm³/mol. The summed E-state index contributed by atoms with van der Waals surface area (Å²) < 4.78 is 13.1. The van der Waals surface area contributed by atoms with Crippen LogP contribution in [0.25, 0.3) is 5.69 Å². The van der Waals surface area contributed by atoms with Crippen molar-refractivity contribution in [1.82, 2.24) is 9.55 Å². The van der Waals surface area contributed by atoms with Gasteiger partial charge in [-0.25, -0.2) is 4.79 Å². The first-order valence-electron chi connectivity index (χ1n) is 11.9. The zero-order chi connectivity index (χ0) is 25.9. The van der Waals surface area contributed by atoms with Crippen LogP contribution in [-0.2, 0) is 14.3 Å². The van der Waals surface area contributed by atoms with Crippen LogP contribution in [0, 0.1) is 12.8 Å². The van der Waals surface area contributed by atoms with Crippen molar-refractivity contribution < 1.29 is 19.1 Å². The van der Waals surface area contributed by atoms with E-state index in [-0.39, 0.29) is 23.3 Å².